The minimum absolute atomic E-state index is 0.0686. The molecule has 276 valence electrons. The first-order valence-electron chi connectivity index (χ1n) is 20.7. The van der Waals surface area contributed by atoms with E-state index in [0.717, 1.165) is 0 Å². The van der Waals surface area contributed by atoms with Crippen molar-refractivity contribution in [1.29, 1.82) is 0 Å². The molecule has 1 aliphatic carbocycles. The second kappa shape index (κ2) is 11.8. The molecule has 0 spiro atoms. The van der Waals surface area contributed by atoms with Crippen LogP contribution in [0.5, 0.6) is 0 Å². The van der Waals surface area contributed by atoms with Crippen molar-refractivity contribution in [3.63, 3.8) is 0 Å². The number of imidazole rings is 1. The van der Waals surface area contributed by atoms with Gasteiger partial charge in [-0.2, -0.15) is 4.57 Å². The summed E-state index contributed by atoms with van der Waals surface area (Å²) in [6.45, 7) is 11.7. The summed E-state index contributed by atoms with van der Waals surface area (Å²) in [6.07, 6.45) is 7.30. The van der Waals surface area contributed by atoms with Crippen molar-refractivity contribution in [1.82, 2.24) is 4.57 Å². The Kier molecular flexibility index (Phi) is 6.80. The van der Waals surface area contributed by atoms with E-state index >= 15 is 0 Å². The molecule has 57 heavy (non-hydrogen) atoms. The number of benzene rings is 6. The largest absolute Gasteiger partial charge is 0.317 e. The van der Waals surface area contributed by atoms with E-state index in [2.05, 4.69) is 205 Å². The molecule has 1 aromatic heterocycles. The van der Waals surface area contributed by atoms with Gasteiger partial charge in [0, 0.05) is 38.9 Å². The van der Waals surface area contributed by atoms with E-state index in [1.54, 1.807) is 0 Å². The second-order valence-corrected chi connectivity index (χ2v) is 17.1. The van der Waals surface area contributed by atoms with Gasteiger partial charge >= 0.3 is 0 Å². The SMILES string of the molecule is CC(C)c1cccc(C(C)C)c1-n1cc[n+]2c1-c1ccccc1C1C(c3cccc4c3N3C(=C5c6ccccc6-c6ccccc6N5C3C)c3ccccc3-4)=CC12. The molecule has 0 saturated heterocycles. The number of rotatable bonds is 4. The van der Waals surface area contributed by atoms with Crippen LogP contribution in [-0.4, -0.2) is 10.7 Å². The normalized spacial score (nSPS) is 19.1. The molecule has 0 bridgehead atoms. The van der Waals surface area contributed by atoms with Crippen LogP contribution >= 0.6 is 0 Å². The van der Waals surface area contributed by atoms with E-state index in [1.807, 2.05) is 0 Å². The zero-order valence-electron chi connectivity index (χ0n) is 33.1. The molecule has 0 N–H and O–H groups in total. The maximum Gasteiger partial charge on any atom is 0.294 e. The van der Waals surface area contributed by atoms with Crippen molar-refractivity contribution in [3.05, 3.63) is 185 Å². The fourth-order valence-corrected chi connectivity index (χ4v) is 11.0. The molecular formula is C53H45N4+. The van der Waals surface area contributed by atoms with Crippen LogP contribution < -0.4 is 14.4 Å². The Morgan fingerprint density at radius 3 is 1.75 bits per heavy atom. The molecule has 0 amide bonds. The summed E-state index contributed by atoms with van der Waals surface area (Å²) in [7, 11) is 0. The molecule has 6 aromatic carbocycles. The summed E-state index contributed by atoms with van der Waals surface area (Å²) >= 11 is 0. The van der Waals surface area contributed by atoms with Crippen molar-refractivity contribution < 1.29 is 4.57 Å². The summed E-state index contributed by atoms with van der Waals surface area (Å²) in [6, 6.07) is 50.4. The van der Waals surface area contributed by atoms with Crippen LogP contribution in [0.4, 0.5) is 11.4 Å². The molecule has 0 radical (unpaired) electrons. The first kappa shape index (κ1) is 32.8. The number of hydrogen-bond donors (Lipinski definition) is 0. The van der Waals surface area contributed by atoms with Crippen LogP contribution in [-0.2, 0) is 0 Å². The third-order valence-corrected chi connectivity index (χ3v) is 13.5. The average molecular weight is 738 g/mol. The number of aromatic nitrogens is 2. The Balaban J connectivity index is 1.07. The topological polar surface area (TPSA) is 15.3 Å². The molecule has 4 heteroatoms. The highest BCUT2D eigenvalue weighted by Crippen LogP contribution is 2.62. The maximum atomic E-state index is 2.68. The fourth-order valence-electron chi connectivity index (χ4n) is 11.0. The van der Waals surface area contributed by atoms with Gasteiger partial charge in [0.05, 0.1) is 34.3 Å². The number of fused-ring (bicyclic) bond motifs is 18. The zero-order chi connectivity index (χ0) is 38.3. The highest BCUT2D eigenvalue weighted by molar-refractivity contribution is 6.18. The average Bonchev–Trinajstić information content (AvgIpc) is 3.80. The molecule has 3 unspecified atom stereocenters. The molecule has 4 nitrogen and oxygen atoms in total. The van der Waals surface area contributed by atoms with E-state index in [1.165, 1.54) is 101 Å². The standard InChI is InChI=1S/C53H45N4/c1-31(2)34-23-14-24-35(32(3)4)49(34)55-29-28-54-47-30-45(48(47)39-19-8-11-22-44(39)53(54)55)43-26-15-25-40-37-17-7-10-21-42(37)52-51-41-20-9-6-16-36(41)38-18-12-13-27-46(38)56(51)33(5)57(52)50(40)43/h6-33,47-48H,1-5H3/q+1. The number of anilines is 2. The number of hydrogen-bond acceptors (Lipinski definition) is 2. The smallest absolute Gasteiger partial charge is 0.294 e. The summed E-state index contributed by atoms with van der Waals surface area (Å²) in [5.41, 5.74) is 22.6. The highest BCUT2D eigenvalue weighted by atomic mass is 15.4. The Labute approximate surface area is 335 Å². The lowest BCUT2D eigenvalue weighted by Crippen LogP contribution is -2.50. The van der Waals surface area contributed by atoms with Crippen LogP contribution in [0.3, 0.4) is 0 Å². The fraction of sp³-hybridized carbons (Fsp3) is 0.189. The first-order valence-corrected chi connectivity index (χ1v) is 20.7. The van der Waals surface area contributed by atoms with Crippen molar-refractivity contribution >= 4 is 28.3 Å². The van der Waals surface area contributed by atoms with Crippen LogP contribution in [0, 0.1) is 0 Å². The lowest BCUT2D eigenvalue weighted by Gasteiger charge is -2.43. The van der Waals surface area contributed by atoms with Gasteiger partial charge in [0.15, 0.2) is 0 Å². The molecule has 5 heterocycles. The van der Waals surface area contributed by atoms with Gasteiger partial charge in [-0.3, -0.25) is 0 Å². The van der Waals surface area contributed by atoms with Gasteiger partial charge in [0.2, 0.25) is 0 Å². The van der Waals surface area contributed by atoms with Gasteiger partial charge in [0.25, 0.3) is 5.82 Å². The lowest BCUT2D eigenvalue weighted by atomic mass is 9.68. The van der Waals surface area contributed by atoms with Gasteiger partial charge in [0.1, 0.15) is 30.3 Å². The Morgan fingerprint density at radius 1 is 0.509 bits per heavy atom. The number of allylic oxidation sites excluding steroid dienone is 2. The molecule has 4 aliphatic heterocycles. The molecule has 0 fully saturated rings. The molecule has 0 saturated carbocycles. The van der Waals surface area contributed by atoms with Gasteiger partial charge in [-0.25, -0.2) is 4.57 Å². The molecule has 7 aromatic rings. The zero-order valence-corrected chi connectivity index (χ0v) is 33.1. The van der Waals surface area contributed by atoms with Crippen LogP contribution in [0.15, 0.2) is 152 Å². The van der Waals surface area contributed by atoms with Gasteiger partial charge in [-0.05, 0) is 59.2 Å². The van der Waals surface area contributed by atoms with E-state index in [9.17, 15) is 0 Å². The molecular weight excluding hydrogens is 693 g/mol. The third kappa shape index (κ3) is 4.25. The van der Waals surface area contributed by atoms with Gasteiger partial charge < -0.3 is 9.80 Å². The van der Waals surface area contributed by atoms with Crippen LogP contribution in [0.1, 0.15) is 91.8 Å². The Morgan fingerprint density at radius 2 is 1.05 bits per heavy atom. The minimum atomic E-state index is 0.0686. The van der Waals surface area contributed by atoms with Gasteiger partial charge in [-0.1, -0.05) is 149 Å². The number of para-hydroxylation sites is 3. The monoisotopic (exact) mass is 737 g/mol. The van der Waals surface area contributed by atoms with E-state index in [4.69, 9.17) is 0 Å². The summed E-state index contributed by atoms with van der Waals surface area (Å²) in [5, 5.41) is 0. The number of nitrogens with zero attached hydrogens (tertiary/aromatic N) is 4. The predicted octanol–water partition coefficient (Wildman–Crippen LogP) is 12.6. The van der Waals surface area contributed by atoms with E-state index in [-0.39, 0.29) is 18.1 Å². The van der Waals surface area contributed by atoms with Crippen molar-refractivity contribution in [2.45, 2.75) is 64.6 Å². The van der Waals surface area contributed by atoms with Gasteiger partial charge in [-0.15, -0.1) is 0 Å². The van der Waals surface area contributed by atoms with Crippen LogP contribution in [0.25, 0.3) is 56.3 Å². The molecule has 5 aliphatic rings. The summed E-state index contributed by atoms with van der Waals surface area (Å²) < 4.78 is 5.06. The Bertz CT molecular complexity index is 2890. The third-order valence-electron chi connectivity index (χ3n) is 13.5. The van der Waals surface area contributed by atoms with E-state index < -0.39 is 0 Å². The quantitative estimate of drug-likeness (QED) is 0.167. The second-order valence-electron chi connectivity index (χ2n) is 17.1. The first-order chi connectivity index (χ1) is 27.9. The predicted molar refractivity (Wildman–Crippen MR) is 234 cm³/mol. The summed E-state index contributed by atoms with van der Waals surface area (Å²) in [5.74, 6) is 2.33. The molecule has 3 atom stereocenters. The van der Waals surface area contributed by atoms with Crippen molar-refractivity contribution in [3.8, 4) is 39.3 Å². The lowest BCUT2D eigenvalue weighted by molar-refractivity contribution is -0.707. The van der Waals surface area contributed by atoms with Crippen LogP contribution in [0.2, 0.25) is 0 Å². The Hall–Kier alpha value is -6.39. The summed E-state index contributed by atoms with van der Waals surface area (Å²) in [4.78, 5) is 5.28. The highest BCUT2D eigenvalue weighted by Gasteiger charge is 2.51. The molecule has 12 rings (SSSR count). The van der Waals surface area contributed by atoms with Crippen molar-refractivity contribution in [2.24, 2.45) is 0 Å². The maximum absolute atomic E-state index is 2.68. The van der Waals surface area contributed by atoms with Crippen molar-refractivity contribution in [2.75, 3.05) is 9.80 Å². The minimum Gasteiger partial charge on any atom is -0.317 e. The van der Waals surface area contributed by atoms with E-state index in [0.29, 0.717) is 11.8 Å².